The number of benzene rings is 1. The van der Waals surface area contributed by atoms with Gasteiger partial charge in [0, 0.05) is 19.0 Å². The van der Waals surface area contributed by atoms with E-state index in [2.05, 4.69) is 15.8 Å². The van der Waals surface area contributed by atoms with Crippen molar-refractivity contribution in [2.75, 3.05) is 13.6 Å². The standard InChI is InChI=1S/C37H57FN3O11S2/c1-10-28-37(8,46)32(43)24(6)40-17-20(2)16-36(7,45)33(22(4)30(42)23(5)34(44)51-28)52-35-31(50-26-13-11-25(38)12-14-26)27(15-21(3)49-35)41(9)54(47,48)29-18-39-19-53-29/h11-14,18,20-24,27-28,30-33,35,40,42-43,45-46H,10,15-17H2,1-9H3/t20-,21-,22+,23-,24-,27+,28-,30+,31-,32-,33-,35+,36-,37-/m1/s1. The van der Waals surface area contributed by atoms with Crippen molar-refractivity contribution in [3.63, 3.8) is 0 Å². The summed E-state index contributed by atoms with van der Waals surface area (Å²) in [7, 11) is -2.70. The predicted octanol–water partition coefficient (Wildman–Crippen LogP) is 2.87. The molecule has 14 nitrogen and oxygen atoms in total. The van der Waals surface area contributed by atoms with E-state index < -0.39 is 99.8 Å². The molecule has 17 heteroatoms. The quantitative estimate of drug-likeness (QED) is 0.245. The molecule has 0 aliphatic carbocycles. The molecule has 0 amide bonds. The number of rotatable bonds is 8. The van der Waals surface area contributed by atoms with Gasteiger partial charge in [-0.05, 0) is 90.6 Å². The average Bonchev–Trinajstić information content (AvgIpc) is 3.67. The van der Waals surface area contributed by atoms with E-state index in [4.69, 9.17) is 18.9 Å². The van der Waals surface area contributed by atoms with Gasteiger partial charge in [0.15, 0.2) is 22.1 Å². The van der Waals surface area contributed by atoms with Crippen LogP contribution in [0.25, 0.3) is 0 Å². The fourth-order valence-corrected chi connectivity index (χ4v) is 9.83. The molecule has 305 valence electrons. The lowest BCUT2D eigenvalue weighted by Crippen LogP contribution is -2.61. The monoisotopic (exact) mass is 802 g/mol. The fraction of sp³-hybridized carbons (Fsp3) is 0.730. The number of hydrogen-bond acceptors (Lipinski definition) is 14. The Morgan fingerprint density at radius 1 is 1.13 bits per heavy atom. The number of hydrogen-bond donors (Lipinski definition) is 5. The summed E-state index contributed by atoms with van der Waals surface area (Å²) in [6, 6.07) is 3.62. The van der Waals surface area contributed by atoms with Crippen molar-refractivity contribution in [2.45, 2.75) is 145 Å². The number of cyclic esters (lactones) is 1. The highest BCUT2D eigenvalue weighted by atomic mass is 32.2. The largest absolute Gasteiger partial charge is 0.483 e. The highest BCUT2D eigenvalue weighted by Gasteiger charge is 2.51. The van der Waals surface area contributed by atoms with E-state index >= 15 is 0 Å². The van der Waals surface area contributed by atoms with Crippen molar-refractivity contribution in [3.05, 3.63) is 41.8 Å². The molecule has 1 aromatic carbocycles. The third-order valence-electron chi connectivity index (χ3n) is 10.8. The first-order valence-electron chi connectivity index (χ1n) is 18.4. The SMILES string of the molecule is CC[C@H]1OC(=O)[C@H](C)[C@@H](O)[C@H](C)[C@@H](O[C@@H]2O[C@H](C)C[C@H](N(C)S(=O)(=O)c3cn[c]s3)[C@H]2Oc2ccc(F)cc2)[C@](C)(O)C[C@@H](C)CN[C@H](C)[C@@H](O)[C@]1(C)O. The van der Waals surface area contributed by atoms with Gasteiger partial charge < -0.3 is 44.7 Å². The zero-order valence-corrected chi connectivity index (χ0v) is 34.0. The molecule has 4 rings (SSSR count). The molecule has 2 aliphatic rings. The number of thiazole rings is 1. The second-order valence-corrected chi connectivity index (χ2v) is 18.6. The molecule has 2 saturated heterocycles. The number of nitrogens with zero attached hydrogens (tertiary/aromatic N) is 2. The zero-order valence-electron chi connectivity index (χ0n) is 32.4. The summed E-state index contributed by atoms with van der Waals surface area (Å²) in [5.74, 6) is -3.55. The van der Waals surface area contributed by atoms with E-state index in [1.165, 1.54) is 51.4 Å². The first-order chi connectivity index (χ1) is 25.1. The van der Waals surface area contributed by atoms with Gasteiger partial charge in [0.2, 0.25) is 0 Å². The second-order valence-electron chi connectivity index (χ2n) is 15.5. The van der Waals surface area contributed by atoms with Gasteiger partial charge in [0.25, 0.3) is 10.0 Å². The van der Waals surface area contributed by atoms with Crippen molar-refractivity contribution in [1.82, 2.24) is 14.6 Å². The van der Waals surface area contributed by atoms with Crippen LogP contribution in [0.5, 0.6) is 5.75 Å². The van der Waals surface area contributed by atoms with Gasteiger partial charge in [-0.15, -0.1) is 0 Å². The van der Waals surface area contributed by atoms with Crippen LogP contribution in [0, 0.1) is 29.1 Å². The molecule has 0 saturated carbocycles. The smallest absolute Gasteiger partial charge is 0.311 e. The normalized spacial score (nSPS) is 39.4. The highest BCUT2D eigenvalue weighted by molar-refractivity contribution is 7.91. The Balaban J connectivity index is 1.77. The number of carbonyl (C=O) groups excluding carboxylic acids is 1. The Labute approximate surface area is 322 Å². The first-order valence-corrected chi connectivity index (χ1v) is 20.6. The number of likely N-dealkylation sites (N-methyl/N-ethyl adjacent to an activating group) is 1. The van der Waals surface area contributed by atoms with E-state index in [1.807, 2.05) is 6.92 Å². The van der Waals surface area contributed by atoms with Crippen LogP contribution >= 0.6 is 11.3 Å². The van der Waals surface area contributed by atoms with Gasteiger partial charge in [-0.3, -0.25) is 4.79 Å². The molecule has 0 unspecified atom stereocenters. The molecule has 3 heterocycles. The van der Waals surface area contributed by atoms with Crippen LogP contribution in [-0.2, 0) is 29.0 Å². The minimum Gasteiger partial charge on any atom is -0.483 e. The molecule has 5 N–H and O–H groups in total. The number of esters is 1. The molecule has 1 aromatic heterocycles. The van der Waals surface area contributed by atoms with Crippen LogP contribution in [0.3, 0.4) is 0 Å². The van der Waals surface area contributed by atoms with Gasteiger partial charge in [-0.1, -0.05) is 32.1 Å². The van der Waals surface area contributed by atoms with Gasteiger partial charge in [-0.2, -0.15) is 4.31 Å². The summed E-state index contributed by atoms with van der Waals surface area (Å²) in [6.07, 6.45) is -6.64. The number of nitrogens with one attached hydrogen (secondary N) is 1. The molecule has 0 spiro atoms. The second kappa shape index (κ2) is 17.9. The highest BCUT2D eigenvalue weighted by Crippen LogP contribution is 2.38. The van der Waals surface area contributed by atoms with Gasteiger partial charge >= 0.3 is 5.97 Å². The van der Waals surface area contributed by atoms with Crippen LogP contribution in [0.4, 0.5) is 4.39 Å². The molecule has 1 radical (unpaired) electrons. The Morgan fingerprint density at radius 3 is 2.37 bits per heavy atom. The molecular formula is C37H57FN3O11S2. The third kappa shape index (κ3) is 9.97. The van der Waals surface area contributed by atoms with E-state index in [9.17, 15) is 38.0 Å². The zero-order chi connectivity index (χ0) is 40.3. The number of halogens is 1. The number of sulfonamides is 1. The Morgan fingerprint density at radius 2 is 1.78 bits per heavy atom. The maximum Gasteiger partial charge on any atom is 0.311 e. The molecule has 2 aromatic rings. The Kier molecular flexibility index (Phi) is 14.7. The van der Waals surface area contributed by atoms with Gasteiger partial charge in [0.05, 0.1) is 42.1 Å². The number of aliphatic hydroxyl groups is 4. The minimum atomic E-state index is -4.11. The molecule has 2 aliphatic heterocycles. The van der Waals surface area contributed by atoms with Crippen LogP contribution in [0.2, 0.25) is 0 Å². The molecule has 2 fully saturated rings. The Bertz CT molecular complexity index is 1610. The Hall–Kier alpha value is -2.32. The lowest BCUT2D eigenvalue weighted by Gasteiger charge is -2.47. The van der Waals surface area contributed by atoms with Crippen molar-refractivity contribution in [1.29, 1.82) is 0 Å². The summed E-state index contributed by atoms with van der Waals surface area (Å²) in [5, 5.41) is 49.8. The fourth-order valence-electron chi connectivity index (χ4n) is 7.61. The summed E-state index contributed by atoms with van der Waals surface area (Å²) in [4.78, 5) is 17.4. The maximum atomic E-state index is 13.9. The average molecular weight is 803 g/mol. The third-order valence-corrected chi connectivity index (χ3v) is 13.9. The first kappa shape index (κ1) is 44.4. The summed E-state index contributed by atoms with van der Waals surface area (Å²) in [5.41, 5.74) is -0.983. The topological polar surface area (TPSA) is 197 Å². The van der Waals surface area contributed by atoms with Gasteiger partial charge in [-0.25, -0.2) is 17.8 Å². The van der Waals surface area contributed by atoms with E-state index in [-0.39, 0.29) is 35.1 Å². The predicted molar refractivity (Wildman–Crippen MR) is 197 cm³/mol. The molecular weight excluding hydrogens is 746 g/mol. The maximum absolute atomic E-state index is 13.9. The molecule has 0 bridgehead atoms. The minimum absolute atomic E-state index is 0.0409. The lowest BCUT2D eigenvalue weighted by molar-refractivity contribution is -0.293. The van der Waals surface area contributed by atoms with Crippen LogP contribution in [0.1, 0.15) is 74.7 Å². The van der Waals surface area contributed by atoms with E-state index in [1.54, 1.807) is 34.6 Å². The van der Waals surface area contributed by atoms with Crippen LogP contribution in [-0.4, -0.2) is 124 Å². The van der Waals surface area contributed by atoms with Crippen molar-refractivity contribution >= 4 is 27.3 Å². The lowest BCUT2D eigenvalue weighted by atomic mass is 9.78. The summed E-state index contributed by atoms with van der Waals surface area (Å²) in [6.45, 7) is 13.4. The van der Waals surface area contributed by atoms with Crippen molar-refractivity contribution in [2.24, 2.45) is 17.8 Å². The summed E-state index contributed by atoms with van der Waals surface area (Å²) >= 11 is 0.834. The number of carbonyl (C=O) groups is 1. The van der Waals surface area contributed by atoms with E-state index in [0.717, 1.165) is 15.6 Å². The van der Waals surface area contributed by atoms with Crippen LogP contribution < -0.4 is 10.1 Å². The number of aromatic nitrogens is 1. The molecule has 54 heavy (non-hydrogen) atoms. The summed E-state index contributed by atoms with van der Waals surface area (Å²) < 4.78 is 67.8. The van der Waals surface area contributed by atoms with E-state index in [0.29, 0.717) is 6.54 Å². The number of aliphatic hydroxyl groups excluding tert-OH is 2. The van der Waals surface area contributed by atoms with Crippen molar-refractivity contribution in [3.8, 4) is 5.75 Å². The molecule has 14 atom stereocenters. The van der Waals surface area contributed by atoms with Gasteiger partial charge in [0.1, 0.15) is 29.4 Å². The number of ether oxygens (including phenoxy) is 4. The van der Waals surface area contributed by atoms with Crippen LogP contribution in [0.15, 0.2) is 34.7 Å². The van der Waals surface area contributed by atoms with Crippen molar-refractivity contribution < 1.29 is 57.0 Å².